The second-order valence-electron chi connectivity index (χ2n) is 8.59. The molecule has 0 radical (unpaired) electrons. The van der Waals surface area contributed by atoms with Crippen LogP contribution in [0.3, 0.4) is 0 Å². The Bertz CT molecular complexity index is 897. The van der Waals surface area contributed by atoms with E-state index in [1.165, 1.54) is 5.56 Å². The number of likely N-dealkylation sites (tertiary alicyclic amines) is 1. The van der Waals surface area contributed by atoms with Crippen molar-refractivity contribution in [1.29, 1.82) is 0 Å². The lowest BCUT2D eigenvalue weighted by atomic mass is 9.96. The average Bonchev–Trinajstić information content (AvgIpc) is 3.25. The number of carbonyl (C=O) groups excluding carboxylic acids is 1. The van der Waals surface area contributed by atoms with Gasteiger partial charge in [0.1, 0.15) is 19.0 Å². The van der Waals surface area contributed by atoms with Crippen LogP contribution >= 0.6 is 0 Å². The Morgan fingerprint density at radius 2 is 1.87 bits per heavy atom. The molecule has 0 unspecified atom stereocenters. The maximum absolute atomic E-state index is 13.0. The number of methoxy groups -OCH3 is 1. The van der Waals surface area contributed by atoms with Crippen molar-refractivity contribution in [2.45, 2.75) is 38.8 Å². The predicted molar refractivity (Wildman–Crippen MR) is 120 cm³/mol. The zero-order valence-electron chi connectivity index (χ0n) is 18.6. The molecule has 1 amide bonds. The van der Waals surface area contributed by atoms with Crippen molar-refractivity contribution in [3.8, 4) is 17.2 Å². The fourth-order valence-electron chi connectivity index (χ4n) is 4.51. The molecule has 2 aliphatic rings. The molecular formula is C25H32N2O4. The molecule has 31 heavy (non-hydrogen) atoms. The Morgan fingerprint density at radius 3 is 2.58 bits per heavy atom. The first-order chi connectivity index (χ1) is 15.0. The van der Waals surface area contributed by atoms with Crippen molar-refractivity contribution in [3.63, 3.8) is 0 Å². The van der Waals surface area contributed by atoms with Crippen LogP contribution in [0.4, 0.5) is 0 Å². The summed E-state index contributed by atoms with van der Waals surface area (Å²) in [5, 5.41) is 3.25. The van der Waals surface area contributed by atoms with Gasteiger partial charge in [-0.1, -0.05) is 32.0 Å². The van der Waals surface area contributed by atoms with Crippen LogP contribution in [0.25, 0.3) is 0 Å². The van der Waals surface area contributed by atoms with Crippen LogP contribution in [0, 0.1) is 5.92 Å². The lowest BCUT2D eigenvalue weighted by Crippen LogP contribution is -2.40. The Kier molecular flexibility index (Phi) is 6.66. The normalized spacial score (nSPS) is 19.3. The summed E-state index contributed by atoms with van der Waals surface area (Å²) in [5.41, 5.74) is 2.28. The first-order valence-corrected chi connectivity index (χ1v) is 11.1. The van der Waals surface area contributed by atoms with Gasteiger partial charge in [0.15, 0.2) is 11.5 Å². The van der Waals surface area contributed by atoms with Crippen LogP contribution in [-0.4, -0.2) is 44.2 Å². The van der Waals surface area contributed by atoms with Gasteiger partial charge in [-0.2, -0.15) is 0 Å². The third-order valence-corrected chi connectivity index (χ3v) is 6.12. The number of fused-ring (bicyclic) bond motifs is 1. The van der Waals surface area contributed by atoms with Crippen molar-refractivity contribution in [3.05, 3.63) is 53.6 Å². The first-order valence-electron chi connectivity index (χ1n) is 11.1. The molecule has 1 N–H and O–H groups in total. The number of benzene rings is 2. The minimum atomic E-state index is -0.0336. The van der Waals surface area contributed by atoms with E-state index in [1.807, 2.05) is 30.3 Å². The summed E-state index contributed by atoms with van der Waals surface area (Å²) in [4.78, 5) is 15.3. The SMILES string of the molecule is COc1ccc([C@H](NC(=O)CN2CCC[C@H]2c2ccc3c(c2)OCCO3)C(C)C)cc1. The van der Waals surface area contributed by atoms with Gasteiger partial charge in [-0.25, -0.2) is 0 Å². The second kappa shape index (κ2) is 9.60. The smallest absolute Gasteiger partial charge is 0.234 e. The molecule has 6 heteroatoms. The van der Waals surface area contributed by atoms with E-state index in [9.17, 15) is 4.79 Å². The van der Waals surface area contributed by atoms with Crippen LogP contribution in [0.5, 0.6) is 17.2 Å². The van der Waals surface area contributed by atoms with E-state index < -0.39 is 0 Å². The van der Waals surface area contributed by atoms with E-state index in [-0.39, 0.29) is 23.9 Å². The summed E-state index contributed by atoms with van der Waals surface area (Å²) in [7, 11) is 1.66. The van der Waals surface area contributed by atoms with E-state index in [2.05, 4.69) is 36.2 Å². The molecule has 2 aliphatic heterocycles. The maximum atomic E-state index is 13.0. The molecule has 1 saturated heterocycles. The van der Waals surface area contributed by atoms with Gasteiger partial charge in [-0.3, -0.25) is 9.69 Å². The lowest BCUT2D eigenvalue weighted by Gasteiger charge is -2.28. The van der Waals surface area contributed by atoms with Gasteiger partial charge < -0.3 is 19.5 Å². The molecule has 2 aromatic rings. The molecule has 2 aromatic carbocycles. The summed E-state index contributed by atoms with van der Waals surface area (Å²) in [6, 6.07) is 14.3. The minimum Gasteiger partial charge on any atom is -0.497 e. The molecule has 0 spiro atoms. The van der Waals surface area contributed by atoms with E-state index >= 15 is 0 Å². The molecule has 6 nitrogen and oxygen atoms in total. The molecule has 0 aliphatic carbocycles. The molecule has 4 rings (SSSR count). The minimum absolute atomic E-state index is 0.0336. The van der Waals surface area contributed by atoms with Gasteiger partial charge in [0, 0.05) is 6.04 Å². The summed E-state index contributed by atoms with van der Waals surface area (Å²) in [5.74, 6) is 2.76. The fraction of sp³-hybridized carbons (Fsp3) is 0.480. The molecule has 1 fully saturated rings. The number of nitrogens with one attached hydrogen (secondary N) is 1. The van der Waals surface area contributed by atoms with Crippen molar-refractivity contribution in [2.24, 2.45) is 5.92 Å². The van der Waals surface area contributed by atoms with Crippen LogP contribution in [0.2, 0.25) is 0 Å². The average molecular weight is 425 g/mol. The molecular weight excluding hydrogens is 392 g/mol. The molecule has 0 aromatic heterocycles. The first kappa shape index (κ1) is 21.5. The number of carbonyl (C=O) groups is 1. The van der Waals surface area contributed by atoms with E-state index in [1.54, 1.807) is 7.11 Å². The second-order valence-corrected chi connectivity index (χ2v) is 8.59. The van der Waals surface area contributed by atoms with E-state index in [0.717, 1.165) is 42.2 Å². The highest BCUT2D eigenvalue weighted by Gasteiger charge is 2.29. The lowest BCUT2D eigenvalue weighted by molar-refractivity contribution is -0.123. The van der Waals surface area contributed by atoms with Gasteiger partial charge in [-0.15, -0.1) is 0 Å². The highest BCUT2D eigenvalue weighted by atomic mass is 16.6. The van der Waals surface area contributed by atoms with Gasteiger partial charge in [0.25, 0.3) is 0 Å². The quantitative estimate of drug-likeness (QED) is 0.725. The number of amides is 1. The monoisotopic (exact) mass is 424 g/mol. The number of rotatable bonds is 7. The number of nitrogens with zero attached hydrogens (tertiary/aromatic N) is 1. The number of ether oxygens (including phenoxy) is 3. The Hall–Kier alpha value is -2.73. The van der Waals surface area contributed by atoms with Crippen LogP contribution in [0.15, 0.2) is 42.5 Å². The highest BCUT2D eigenvalue weighted by molar-refractivity contribution is 5.78. The summed E-state index contributed by atoms with van der Waals surface area (Å²) < 4.78 is 16.7. The zero-order valence-corrected chi connectivity index (χ0v) is 18.6. The van der Waals surface area contributed by atoms with Gasteiger partial charge in [-0.05, 0) is 60.7 Å². The van der Waals surface area contributed by atoms with E-state index in [4.69, 9.17) is 14.2 Å². The zero-order chi connectivity index (χ0) is 21.8. The van der Waals surface area contributed by atoms with Crippen molar-refractivity contribution in [1.82, 2.24) is 10.2 Å². The summed E-state index contributed by atoms with van der Waals surface area (Å²) >= 11 is 0. The van der Waals surface area contributed by atoms with E-state index in [0.29, 0.717) is 19.8 Å². The van der Waals surface area contributed by atoms with Crippen molar-refractivity contribution in [2.75, 3.05) is 33.4 Å². The van der Waals surface area contributed by atoms with Crippen LogP contribution in [0.1, 0.15) is 49.9 Å². The highest BCUT2D eigenvalue weighted by Crippen LogP contribution is 2.38. The largest absolute Gasteiger partial charge is 0.497 e. The Balaban J connectivity index is 1.42. The molecule has 2 atom stereocenters. The van der Waals surface area contributed by atoms with Gasteiger partial charge in [0.05, 0.1) is 19.7 Å². The topological polar surface area (TPSA) is 60.0 Å². The number of hydrogen-bond acceptors (Lipinski definition) is 5. The number of hydrogen-bond donors (Lipinski definition) is 1. The van der Waals surface area contributed by atoms with Crippen molar-refractivity contribution >= 4 is 5.91 Å². The summed E-state index contributed by atoms with van der Waals surface area (Å²) in [6.45, 7) is 6.73. The maximum Gasteiger partial charge on any atom is 0.234 e. The molecule has 2 heterocycles. The predicted octanol–water partition coefficient (Wildman–Crippen LogP) is 4.12. The van der Waals surface area contributed by atoms with Gasteiger partial charge in [0.2, 0.25) is 5.91 Å². The Labute approximate surface area is 184 Å². The fourth-order valence-corrected chi connectivity index (χ4v) is 4.51. The molecule has 0 saturated carbocycles. The standard InChI is InChI=1S/C25H32N2O4/c1-17(2)25(18-6-9-20(29-3)10-7-18)26-24(28)16-27-12-4-5-21(27)19-8-11-22-23(15-19)31-14-13-30-22/h6-11,15,17,21,25H,4-5,12-14,16H2,1-3H3,(H,26,28)/t21-,25+/m0/s1. The third-order valence-electron chi connectivity index (χ3n) is 6.12. The van der Waals surface area contributed by atoms with Crippen molar-refractivity contribution < 1.29 is 19.0 Å². The summed E-state index contributed by atoms with van der Waals surface area (Å²) in [6.07, 6.45) is 2.12. The third kappa shape index (κ3) is 4.96. The Morgan fingerprint density at radius 1 is 1.13 bits per heavy atom. The molecule has 166 valence electrons. The van der Waals surface area contributed by atoms with Gasteiger partial charge >= 0.3 is 0 Å². The van der Waals surface area contributed by atoms with Crippen LogP contribution in [-0.2, 0) is 4.79 Å². The molecule has 0 bridgehead atoms. The van der Waals surface area contributed by atoms with Crippen LogP contribution < -0.4 is 19.5 Å².